The van der Waals surface area contributed by atoms with Crippen LogP contribution in [-0.2, 0) is 4.79 Å². The quantitative estimate of drug-likeness (QED) is 0.0362. The molecule has 0 aromatic rings. The molecule has 380 valence electrons. The van der Waals surface area contributed by atoms with Gasteiger partial charge < -0.3 is 20.6 Å². The van der Waals surface area contributed by atoms with E-state index < -0.39 is 18.2 Å². The van der Waals surface area contributed by atoms with Crippen molar-refractivity contribution in [2.75, 3.05) is 6.61 Å². The number of unbranched alkanes of at least 4 members (excludes halogenated alkanes) is 42. The zero-order valence-electron chi connectivity index (χ0n) is 43.4. The lowest BCUT2D eigenvalue weighted by Crippen LogP contribution is -2.50. The molecule has 0 aromatic carbocycles. The molecule has 0 saturated heterocycles. The van der Waals surface area contributed by atoms with Gasteiger partial charge in [0.1, 0.15) is 6.10 Å². The van der Waals surface area contributed by atoms with Gasteiger partial charge in [-0.05, 0) is 44.9 Å². The fraction of sp³-hybridized carbons (Fsp3) is 0.915. The predicted octanol–water partition coefficient (Wildman–Crippen LogP) is 18.1. The Labute approximate surface area is 401 Å². The number of carbonyl (C=O) groups is 1. The maximum atomic E-state index is 12.5. The first-order valence-corrected chi connectivity index (χ1v) is 29.1. The fourth-order valence-corrected chi connectivity index (χ4v) is 9.31. The number of hydrogen-bond donors (Lipinski definition) is 4. The summed E-state index contributed by atoms with van der Waals surface area (Å²) in [5, 5.41) is 33.8. The molecule has 0 radical (unpaired) electrons. The van der Waals surface area contributed by atoms with Crippen molar-refractivity contribution in [1.82, 2.24) is 5.32 Å². The molecule has 0 aliphatic heterocycles. The van der Waals surface area contributed by atoms with Crippen molar-refractivity contribution >= 4 is 5.91 Å². The number of amides is 1. The van der Waals surface area contributed by atoms with Gasteiger partial charge in [0.2, 0.25) is 5.91 Å². The van der Waals surface area contributed by atoms with Gasteiger partial charge in [-0.1, -0.05) is 295 Å². The Morgan fingerprint density at radius 3 is 0.984 bits per heavy atom. The minimum absolute atomic E-state index is 0.140. The van der Waals surface area contributed by atoms with E-state index >= 15 is 0 Å². The van der Waals surface area contributed by atoms with Crippen LogP contribution in [0.2, 0.25) is 0 Å². The predicted molar refractivity (Wildman–Crippen MR) is 282 cm³/mol. The monoisotopic (exact) mass is 902 g/mol. The Bertz CT molecular complexity index is 951. The van der Waals surface area contributed by atoms with Crippen LogP contribution in [-0.4, -0.2) is 46.1 Å². The van der Waals surface area contributed by atoms with E-state index in [0.717, 1.165) is 38.5 Å². The fourth-order valence-electron chi connectivity index (χ4n) is 9.31. The van der Waals surface area contributed by atoms with Crippen molar-refractivity contribution in [3.8, 4) is 0 Å². The van der Waals surface area contributed by atoms with Gasteiger partial charge in [-0.2, -0.15) is 0 Å². The standard InChI is InChI=1S/C59H115NO4/c1-3-5-7-9-11-13-15-17-19-21-23-25-26-27-28-29-30-31-32-34-36-38-40-42-44-46-48-50-52-54-58(63)60-56(55-61)59(64)57(62)53-51-49-47-45-43-41-39-37-35-33-24-22-20-18-16-14-12-10-8-6-4-2/h23,25,27-28,56-57,59,61-62,64H,3-22,24,26,29-55H2,1-2H3,(H,60,63)/b25-23-,28-27-. The van der Waals surface area contributed by atoms with Crippen molar-refractivity contribution in [1.29, 1.82) is 0 Å². The minimum Gasteiger partial charge on any atom is -0.394 e. The molecule has 0 spiro atoms. The zero-order valence-corrected chi connectivity index (χ0v) is 43.4. The summed E-state index contributed by atoms with van der Waals surface area (Å²) in [5.41, 5.74) is 0. The van der Waals surface area contributed by atoms with E-state index in [1.54, 1.807) is 0 Å². The second-order valence-corrected chi connectivity index (χ2v) is 20.2. The maximum Gasteiger partial charge on any atom is 0.220 e. The molecule has 0 bridgehead atoms. The average Bonchev–Trinajstić information content (AvgIpc) is 3.30. The van der Waals surface area contributed by atoms with Crippen molar-refractivity contribution in [2.45, 2.75) is 340 Å². The molecular weight excluding hydrogens is 787 g/mol. The van der Waals surface area contributed by atoms with Crippen LogP contribution in [0.15, 0.2) is 24.3 Å². The third kappa shape index (κ3) is 48.8. The highest BCUT2D eigenvalue weighted by molar-refractivity contribution is 5.76. The summed E-state index contributed by atoms with van der Waals surface area (Å²) in [5.74, 6) is -0.140. The number of nitrogens with one attached hydrogen (secondary N) is 1. The normalized spacial score (nSPS) is 13.4. The molecular formula is C59H115NO4. The van der Waals surface area contributed by atoms with Crippen molar-refractivity contribution in [2.24, 2.45) is 0 Å². The number of aliphatic hydroxyl groups excluding tert-OH is 3. The molecule has 3 atom stereocenters. The van der Waals surface area contributed by atoms with E-state index in [0.29, 0.717) is 12.8 Å². The van der Waals surface area contributed by atoms with Crippen LogP contribution in [0, 0.1) is 0 Å². The van der Waals surface area contributed by atoms with E-state index in [-0.39, 0.29) is 12.5 Å². The first-order valence-electron chi connectivity index (χ1n) is 29.1. The second-order valence-electron chi connectivity index (χ2n) is 20.2. The van der Waals surface area contributed by atoms with Crippen LogP contribution in [0.3, 0.4) is 0 Å². The Morgan fingerprint density at radius 2 is 0.672 bits per heavy atom. The maximum absolute atomic E-state index is 12.5. The molecule has 0 rings (SSSR count). The molecule has 0 heterocycles. The van der Waals surface area contributed by atoms with E-state index in [1.165, 1.54) is 257 Å². The van der Waals surface area contributed by atoms with Gasteiger partial charge in [0.05, 0.1) is 18.8 Å². The number of hydrogen-bond acceptors (Lipinski definition) is 4. The van der Waals surface area contributed by atoms with Crippen LogP contribution in [0.4, 0.5) is 0 Å². The van der Waals surface area contributed by atoms with Crippen molar-refractivity contribution in [3.63, 3.8) is 0 Å². The summed E-state index contributed by atoms with van der Waals surface area (Å²) in [4.78, 5) is 12.5. The van der Waals surface area contributed by atoms with Crippen LogP contribution >= 0.6 is 0 Å². The summed E-state index contributed by atoms with van der Waals surface area (Å²) < 4.78 is 0. The first-order chi connectivity index (χ1) is 31.6. The average molecular weight is 903 g/mol. The third-order valence-electron chi connectivity index (χ3n) is 13.8. The van der Waals surface area contributed by atoms with Gasteiger partial charge in [-0.25, -0.2) is 0 Å². The molecule has 64 heavy (non-hydrogen) atoms. The number of rotatable bonds is 54. The molecule has 3 unspecified atom stereocenters. The lowest BCUT2D eigenvalue weighted by atomic mass is 9.99. The highest BCUT2D eigenvalue weighted by Gasteiger charge is 2.26. The SMILES string of the molecule is CCCCCCCCCCC/C=C\C/C=C\CCCCCCCCCCCCCCCC(=O)NC(CO)C(O)C(O)CCCCCCCCCCCCCCCCCCCCCCC. The highest BCUT2D eigenvalue weighted by atomic mass is 16.3. The number of allylic oxidation sites excluding steroid dienone is 4. The summed E-state index contributed by atoms with van der Waals surface area (Å²) in [6.45, 7) is 4.22. The Hall–Kier alpha value is -1.17. The summed E-state index contributed by atoms with van der Waals surface area (Å²) in [7, 11) is 0. The Morgan fingerprint density at radius 1 is 0.391 bits per heavy atom. The van der Waals surface area contributed by atoms with Crippen molar-refractivity contribution < 1.29 is 20.1 Å². The van der Waals surface area contributed by atoms with Crippen molar-refractivity contribution in [3.05, 3.63) is 24.3 Å². The lowest BCUT2D eigenvalue weighted by molar-refractivity contribution is -0.124. The minimum atomic E-state index is -1.14. The highest BCUT2D eigenvalue weighted by Crippen LogP contribution is 2.18. The van der Waals surface area contributed by atoms with Crippen LogP contribution in [0.25, 0.3) is 0 Å². The molecule has 0 aromatic heterocycles. The summed E-state index contributed by atoms with van der Waals surface area (Å²) in [6, 6.07) is -0.809. The Balaban J connectivity index is 3.52. The molecule has 0 saturated carbocycles. The molecule has 5 heteroatoms. The van der Waals surface area contributed by atoms with E-state index in [9.17, 15) is 20.1 Å². The van der Waals surface area contributed by atoms with Crippen LogP contribution in [0.5, 0.6) is 0 Å². The van der Waals surface area contributed by atoms with E-state index in [2.05, 4.69) is 43.5 Å². The van der Waals surface area contributed by atoms with Gasteiger partial charge in [-0.3, -0.25) is 4.79 Å². The summed E-state index contributed by atoms with van der Waals surface area (Å²) >= 11 is 0. The number of aliphatic hydroxyl groups is 3. The van der Waals surface area contributed by atoms with Gasteiger partial charge >= 0.3 is 0 Å². The van der Waals surface area contributed by atoms with Gasteiger partial charge in [0, 0.05) is 6.42 Å². The third-order valence-corrected chi connectivity index (χ3v) is 13.8. The number of carbonyl (C=O) groups excluding carboxylic acids is 1. The molecule has 1 amide bonds. The molecule has 0 aliphatic rings. The van der Waals surface area contributed by atoms with E-state index in [4.69, 9.17) is 0 Å². The smallest absolute Gasteiger partial charge is 0.220 e. The van der Waals surface area contributed by atoms with Crippen LogP contribution in [0.1, 0.15) is 322 Å². The van der Waals surface area contributed by atoms with Gasteiger partial charge in [0.15, 0.2) is 0 Å². The molecule has 4 N–H and O–H groups in total. The molecule has 0 aliphatic carbocycles. The first kappa shape index (κ1) is 62.8. The second kappa shape index (κ2) is 54.4. The van der Waals surface area contributed by atoms with E-state index in [1.807, 2.05) is 0 Å². The molecule has 5 nitrogen and oxygen atoms in total. The van der Waals surface area contributed by atoms with Crippen LogP contribution < -0.4 is 5.32 Å². The Kier molecular flexibility index (Phi) is 53.4. The topological polar surface area (TPSA) is 89.8 Å². The van der Waals surface area contributed by atoms with Gasteiger partial charge in [0.25, 0.3) is 0 Å². The zero-order chi connectivity index (χ0) is 46.5. The molecule has 0 fully saturated rings. The van der Waals surface area contributed by atoms with Gasteiger partial charge in [-0.15, -0.1) is 0 Å². The summed E-state index contributed by atoms with van der Waals surface area (Å²) in [6.07, 6.45) is 69.1. The lowest BCUT2D eigenvalue weighted by Gasteiger charge is -2.26. The largest absolute Gasteiger partial charge is 0.394 e.